The van der Waals surface area contributed by atoms with Crippen molar-refractivity contribution in [1.82, 2.24) is 19.5 Å². The van der Waals surface area contributed by atoms with Crippen molar-refractivity contribution < 1.29 is 5.11 Å². The standard InChI is InChI=1S/C29H25ClN4O2/c30-26-16-20(11-13-31-26)19-9-7-18(8-10-19)14-21-15-23-28(27-22(21)4-3-12-32-27)33-17-34(29(23)36)24-5-1-2-6-25(24)35/h3-4,7-13,15-17,24-25,35H,1-2,5-6,14H2/t24-,25-/m0/s1. The lowest BCUT2D eigenvalue weighted by Crippen LogP contribution is -2.34. The van der Waals surface area contributed by atoms with E-state index in [1.54, 1.807) is 23.3 Å². The van der Waals surface area contributed by atoms with Gasteiger partial charge >= 0.3 is 0 Å². The maximum absolute atomic E-state index is 13.6. The smallest absolute Gasteiger partial charge is 0.261 e. The monoisotopic (exact) mass is 496 g/mol. The zero-order chi connectivity index (χ0) is 24.6. The van der Waals surface area contributed by atoms with Gasteiger partial charge in [-0.05, 0) is 65.8 Å². The summed E-state index contributed by atoms with van der Waals surface area (Å²) in [6.07, 6.45) is 8.62. The zero-order valence-corrected chi connectivity index (χ0v) is 20.4. The molecule has 1 aliphatic rings. The Morgan fingerprint density at radius 1 is 0.889 bits per heavy atom. The van der Waals surface area contributed by atoms with Gasteiger partial charge in [-0.15, -0.1) is 0 Å². The Bertz CT molecular complexity index is 1630. The van der Waals surface area contributed by atoms with Gasteiger partial charge in [-0.2, -0.15) is 0 Å². The molecule has 6 nitrogen and oxygen atoms in total. The lowest BCUT2D eigenvalue weighted by molar-refractivity contribution is 0.0735. The van der Waals surface area contributed by atoms with Gasteiger partial charge in [0.25, 0.3) is 5.56 Å². The van der Waals surface area contributed by atoms with Crippen LogP contribution in [0.4, 0.5) is 0 Å². The molecule has 5 aromatic rings. The van der Waals surface area contributed by atoms with Gasteiger partial charge < -0.3 is 5.11 Å². The number of halogens is 1. The highest BCUT2D eigenvalue weighted by Gasteiger charge is 2.26. The Labute approximate surface area is 213 Å². The van der Waals surface area contributed by atoms with Gasteiger partial charge in [-0.25, -0.2) is 9.97 Å². The van der Waals surface area contributed by atoms with Crippen LogP contribution >= 0.6 is 11.6 Å². The molecule has 1 saturated carbocycles. The average Bonchev–Trinajstić information content (AvgIpc) is 2.90. The van der Waals surface area contributed by atoms with E-state index >= 15 is 0 Å². The first-order valence-corrected chi connectivity index (χ1v) is 12.6. The molecule has 2 aromatic carbocycles. The summed E-state index contributed by atoms with van der Waals surface area (Å²) >= 11 is 6.05. The van der Waals surface area contributed by atoms with Crippen molar-refractivity contribution in [3.63, 3.8) is 0 Å². The Morgan fingerprint density at radius 3 is 2.50 bits per heavy atom. The zero-order valence-electron chi connectivity index (χ0n) is 19.6. The van der Waals surface area contributed by atoms with Gasteiger partial charge in [0.05, 0.1) is 29.4 Å². The van der Waals surface area contributed by atoms with Crippen LogP contribution in [-0.4, -0.2) is 30.7 Å². The highest BCUT2D eigenvalue weighted by molar-refractivity contribution is 6.29. The molecule has 0 aliphatic heterocycles. The summed E-state index contributed by atoms with van der Waals surface area (Å²) in [7, 11) is 0. The van der Waals surface area contributed by atoms with Crippen molar-refractivity contribution in [2.24, 2.45) is 0 Å². The van der Waals surface area contributed by atoms with E-state index in [9.17, 15) is 9.90 Å². The number of fused-ring (bicyclic) bond motifs is 3. The van der Waals surface area contributed by atoms with Gasteiger partial charge in [0, 0.05) is 17.8 Å². The van der Waals surface area contributed by atoms with Gasteiger partial charge in [0.1, 0.15) is 10.7 Å². The molecule has 1 fully saturated rings. The molecule has 0 spiro atoms. The molecule has 1 N–H and O–H groups in total. The minimum atomic E-state index is -0.525. The molecule has 7 heteroatoms. The molecule has 3 aromatic heterocycles. The molecule has 0 radical (unpaired) electrons. The molecular weight excluding hydrogens is 472 g/mol. The summed E-state index contributed by atoms with van der Waals surface area (Å²) in [5.74, 6) is 0. The van der Waals surface area contributed by atoms with Crippen molar-refractivity contribution in [1.29, 1.82) is 0 Å². The third-order valence-electron chi connectivity index (χ3n) is 7.19. The number of aromatic nitrogens is 4. The summed E-state index contributed by atoms with van der Waals surface area (Å²) in [6, 6.07) is 17.8. The van der Waals surface area contributed by atoms with Crippen molar-refractivity contribution in [2.45, 2.75) is 44.2 Å². The molecule has 0 saturated heterocycles. The van der Waals surface area contributed by atoms with Crippen LogP contribution in [0.5, 0.6) is 0 Å². The number of aliphatic hydroxyl groups is 1. The number of hydrogen-bond donors (Lipinski definition) is 1. The van der Waals surface area contributed by atoms with Crippen molar-refractivity contribution >= 4 is 33.4 Å². The second-order valence-electron chi connectivity index (χ2n) is 9.45. The number of hydrogen-bond acceptors (Lipinski definition) is 5. The second kappa shape index (κ2) is 9.45. The van der Waals surface area contributed by atoms with E-state index in [2.05, 4.69) is 39.2 Å². The van der Waals surface area contributed by atoms with Crippen LogP contribution in [0.25, 0.3) is 32.9 Å². The van der Waals surface area contributed by atoms with E-state index in [-0.39, 0.29) is 11.6 Å². The fourth-order valence-corrected chi connectivity index (χ4v) is 5.50. The fourth-order valence-electron chi connectivity index (χ4n) is 5.32. The van der Waals surface area contributed by atoms with E-state index < -0.39 is 6.10 Å². The third kappa shape index (κ3) is 4.16. The molecular formula is C29H25ClN4O2. The Kier molecular flexibility index (Phi) is 5.99. The van der Waals surface area contributed by atoms with Gasteiger partial charge in [-0.3, -0.25) is 14.3 Å². The first-order chi connectivity index (χ1) is 17.6. The molecule has 1 aliphatic carbocycles. The Hall–Kier alpha value is -3.61. The molecule has 36 heavy (non-hydrogen) atoms. The van der Waals surface area contributed by atoms with Gasteiger partial charge in [0.15, 0.2) is 0 Å². The topological polar surface area (TPSA) is 80.9 Å². The van der Waals surface area contributed by atoms with E-state index in [4.69, 9.17) is 11.6 Å². The highest BCUT2D eigenvalue weighted by Crippen LogP contribution is 2.30. The van der Waals surface area contributed by atoms with Crippen molar-refractivity contribution in [3.05, 3.63) is 100.0 Å². The minimum Gasteiger partial charge on any atom is -0.391 e. The fraction of sp³-hybridized carbons (Fsp3) is 0.241. The molecule has 2 atom stereocenters. The predicted molar refractivity (Wildman–Crippen MR) is 142 cm³/mol. The molecule has 6 rings (SSSR count). The maximum atomic E-state index is 13.6. The van der Waals surface area contributed by atoms with Crippen LogP contribution in [0.1, 0.15) is 42.9 Å². The summed E-state index contributed by atoms with van der Waals surface area (Å²) in [6.45, 7) is 0. The van der Waals surface area contributed by atoms with E-state index in [0.29, 0.717) is 28.9 Å². The molecule has 0 unspecified atom stereocenters. The molecule has 3 heterocycles. The van der Waals surface area contributed by atoms with Crippen LogP contribution in [0.3, 0.4) is 0 Å². The normalized spacial score (nSPS) is 18.1. The van der Waals surface area contributed by atoms with Crippen molar-refractivity contribution in [2.75, 3.05) is 0 Å². The van der Waals surface area contributed by atoms with Crippen LogP contribution in [0.15, 0.2) is 78.1 Å². The quantitative estimate of drug-likeness (QED) is 0.254. The lowest BCUT2D eigenvalue weighted by Gasteiger charge is -2.29. The summed E-state index contributed by atoms with van der Waals surface area (Å²) < 4.78 is 1.62. The third-order valence-corrected chi connectivity index (χ3v) is 7.39. The largest absolute Gasteiger partial charge is 0.391 e. The summed E-state index contributed by atoms with van der Waals surface area (Å²) in [5.41, 5.74) is 5.42. The van der Waals surface area contributed by atoms with Gasteiger partial charge in [0.2, 0.25) is 0 Å². The van der Waals surface area contributed by atoms with Crippen LogP contribution in [0, 0.1) is 0 Å². The number of pyridine rings is 2. The summed E-state index contributed by atoms with van der Waals surface area (Å²) in [4.78, 5) is 26.9. The number of aliphatic hydroxyl groups excluding tert-OH is 1. The molecule has 0 bridgehead atoms. The molecule has 180 valence electrons. The van der Waals surface area contributed by atoms with Crippen LogP contribution in [-0.2, 0) is 6.42 Å². The predicted octanol–water partition coefficient (Wildman–Crippen LogP) is 5.73. The Balaban J connectivity index is 1.42. The van der Waals surface area contributed by atoms with E-state index in [1.165, 1.54) is 0 Å². The number of benzene rings is 2. The Morgan fingerprint density at radius 2 is 1.69 bits per heavy atom. The number of rotatable bonds is 4. The first-order valence-electron chi connectivity index (χ1n) is 12.2. The maximum Gasteiger partial charge on any atom is 0.261 e. The van der Waals surface area contributed by atoms with Gasteiger partial charge in [-0.1, -0.05) is 54.8 Å². The average molecular weight is 497 g/mol. The van der Waals surface area contributed by atoms with Crippen molar-refractivity contribution in [3.8, 4) is 11.1 Å². The highest BCUT2D eigenvalue weighted by atomic mass is 35.5. The minimum absolute atomic E-state index is 0.121. The van der Waals surface area contributed by atoms with Crippen LogP contribution in [0.2, 0.25) is 5.15 Å². The second-order valence-corrected chi connectivity index (χ2v) is 9.84. The lowest BCUT2D eigenvalue weighted by atomic mass is 9.92. The molecule has 0 amide bonds. The SMILES string of the molecule is O=c1c2cc(Cc3ccc(-c4ccnc(Cl)c4)cc3)c3cccnc3c2ncn1[C@H]1CCCC[C@@H]1O. The van der Waals surface area contributed by atoms with Crippen LogP contribution < -0.4 is 5.56 Å². The van der Waals surface area contributed by atoms with E-state index in [1.807, 2.05) is 30.3 Å². The summed E-state index contributed by atoms with van der Waals surface area (Å²) in [5, 5.41) is 12.5. The van der Waals surface area contributed by atoms with E-state index in [0.717, 1.165) is 52.4 Å². The number of nitrogens with zero attached hydrogens (tertiary/aromatic N) is 4. The first kappa shape index (κ1) is 22.8.